The molecule has 0 spiro atoms. The highest BCUT2D eigenvalue weighted by molar-refractivity contribution is 7.16. The molecule has 0 unspecified atom stereocenters. The summed E-state index contributed by atoms with van der Waals surface area (Å²) in [6.07, 6.45) is 4.76. The number of fused-ring (bicyclic) bond motifs is 1. The molecule has 0 radical (unpaired) electrons. The number of thiophene rings is 1. The van der Waals surface area contributed by atoms with Gasteiger partial charge in [0, 0.05) is 47.0 Å². The number of allylic oxidation sites excluding steroid dienone is 2. The maximum absolute atomic E-state index is 13.7. The Hall–Kier alpha value is -3.31. The lowest BCUT2D eigenvalue weighted by Gasteiger charge is -2.42. The summed E-state index contributed by atoms with van der Waals surface area (Å²) in [5.74, 6) is -0.724. The summed E-state index contributed by atoms with van der Waals surface area (Å²) in [4.78, 5) is 40.9. The van der Waals surface area contributed by atoms with E-state index >= 15 is 0 Å². The predicted molar refractivity (Wildman–Crippen MR) is 129 cm³/mol. The van der Waals surface area contributed by atoms with E-state index in [1.807, 2.05) is 13.8 Å². The standard InChI is InChI=1S/C26H25N3O4S/c1-26(2)12-20-24(21(30)13-26)18(15-6-5-7-16(10-15)29(32)33)11-23(31)28(20)25-19(14-27)17-8-3-4-9-22(17)34-25/h5-7,10,18H,3-4,8-9,11-13H2,1-2H3/t18-/m1/s1. The van der Waals surface area contributed by atoms with Gasteiger partial charge in [-0.3, -0.25) is 24.6 Å². The largest absolute Gasteiger partial charge is 0.294 e. The molecule has 0 bridgehead atoms. The molecule has 1 atom stereocenters. The Morgan fingerprint density at radius 1 is 1.21 bits per heavy atom. The van der Waals surface area contributed by atoms with Crippen LogP contribution >= 0.6 is 11.3 Å². The van der Waals surface area contributed by atoms with Crippen LogP contribution in [-0.2, 0) is 22.4 Å². The van der Waals surface area contributed by atoms with Crippen LogP contribution in [0.25, 0.3) is 0 Å². The average Bonchev–Trinajstić information content (AvgIpc) is 3.15. The van der Waals surface area contributed by atoms with Crippen molar-refractivity contribution in [1.82, 2.24) is 0 Å². The molecule has 0 saturated heterocycles. The fourth-order valence-electron chi connectivity index (χ4n) is 5.61. The van der Waals surface area contributed by atoms with E-state index in [2.05, 4.69) is 6.07 Å². The number of anilines is 1. The second-order valence-corrected chi connectivity index (χ2v) is 11.2. The summed E-state index contributed by atoms with van der Waals surface area (Å²) in [7, 11) is 0. The molecule has 174 valence electrons. The minimum Gasteiger partial charge on any atom is -0.294 e. The summed E-state index contributed by atoms with van der Waals surface area (Å²) in [5.41, 5.74) is 3.04. The van der Waals surface area contributed by atoms with Crippen LogP contribution in [0.15, 0.2) is 35.5 Å². The zero-order chi connectivity index (χ0) is 24.2. The van der Waals surface area contributed by atoms with Crippen LogP contribution in [0.5, 0.6) is 0 Å². The van der Waals surface area contributed by atoms with Crippen molar-refractivity contribution in [3.8, 4) is 6.07 Å². The van der Waals surface area contributed by atoms with E-state index in [1.54, 1.807) is 17.0 Å². The molecule has 1 aromatic heterocycles. The number of benzene rings is 1. The number of aryl methyl sites for hydroxylation is 1. The van der Waals surface area contributed by atoms with Crippen LogP contribution in [0.1, 0.15) is 73.4 Å². The molecule has 1 aliphatic heterocycles. The van der Waals surface area contributed by atoms with E-state index in [-0.39, 0.29) is 29.2 Å². The molecule has 0 fully saturated rings. The molecule has 8 heteroatoms. The van der Waals surface area contributed by atoms with Crippen molar-refractivity contribution < 1.29 is 14.5 Å². The number of hydrogen-bond donors (Lipinski definition) is 0. The van der Waals surface area contributed by atoms with Crippen molar-refractivity contribution >= 4 is 33.7 Å². The monoisotopic (exact) mass is 475 g/mol. The molecule has 5 rings (SSSR count). The minimum atomic E-state index is -0.526. The maximum atomic E-state index is 13.7. The van der Waals surface area contributed by atoms with Crippen molar-refractivity contribution in [3.05, 3.63) is 67.2 Å². The highest BCUT2D eigenvalue weighted by Crippen LogP contribution is 2.51. The van der Waals surface area contributed by atoms with Gasteiger partial charge < -0.3 is 0 Å². The first-order chi connectivity index (χ1) is 16.2. The van der Waals surface area contributed by atoms with Crippen LogP contribution in [0.2, 0.25) is 0 Å². The second-order valence-electron chi connectivity index (χ2n) is 10.1. The lowest BCUT2D eigenvalue weighted by atomic mass is 9.69. The zero-order valence-electron chi connectivity index (χ0n) is 19.2. The predicted octanol–water partition coefficient (Wildman–Crippen LogP) is 5.57. The van der Waals surface area contributed by atoms with Crippen LogP contribution in [-0.4, -0.2) is 16.6 Å². The van der Waals surface area contributed by atoms with E-state index in [0.717, 1.165) is 36.1 Å². The number of non-ortho nitro benzene ring substituents is 1. The fourth-order valence-corrected chi connectivity index (χ4v) is 7.00. The molecule has 7 nitrogen and oxygen atoms in total. The molecule has 0 N–H and O–H groups in total. The number of carbonyl (C=O) groups is 2. The number of hydrogen-bond acceptors (Lipinski definition) is 6. The number of rotatable bonds is 3. The molecule has 3 aliphatic rings. The number of Topliss-reactive ketones (excluding diaryl/α,β-unsaturated/α-hetero) is 1. The Labute approximate surface area is 201 Å². The third kappa shape index (κ3) is 3.64. The van der Waals surface area contributed by atoms with Gasteiger partial charge in [-0.05, 0) is 48.6 Å². The Morgan fingerprint density at radius 3 is 2.71 bits per heavy atom. The van der Waals surface area contributed by atoms with Gasteiger partial charge in [-0.15, -0.1) is 11.3 Å². The first-order valence-corrected chi connectivity index (χ1v) is 12.4. The Bertz CT molecular complexity index is 1310. The molecule has 2 aliphatic carbocycles. The Balaban J connectivity index is 1.70. The second kappa shape index (κ2) is 8.17. The fraction of sp³-hybridized carbons (Fsp3) is 0.423. The zero-order valence-corrected chi connectivity index (χ0v) is 20.0. The Morgan fingerprint density at radius 2 is 1.97 bits per heavy atom. The third-order valence-corrected chi connectivity index (χ3v) is 8.37. The van der Waals surface area contributed by atoms with Gasteiger partial charge in [-0.25, -0.2) is 0 Å². The van der Waals surface area contributed by atoms with Crippen molar-refractivity contribution in [2.75, 3.05) is 4.90 Å². The highest BCUT2D eigenvalue weighted by atomic mass is 32.1. The average molecular weight is 476 g/mol. The molecular weight excluding hydrogens is 450 g/mol. The van der Waals surface area contributed by atoms with Gasteiger partial charge in [0.05, 0.1) is 10.5 Å². The van der Waals surface area contributed by atoms with Crippen molar-refractivity contribution in [2.24, 2.45) is 5.41 Å². The quantitative estimate of drug-likeness (QED) is 0.426. The lowest BCUT2D eigenvalue weighted by molar-refractivity contribution is -0.384. The molecule has 1 aromatic carbocycles. The summed E-state index contributed by atoms with van der Waals surface area (Å²) in [5, 5.41) is 22.0. The van der Waals surface area contributed by atoms with E-state index in [1.165, 1.54) is 23.5 Å². The smallest absolute Gasteiger partial charge is 0.269 e. The number of nitriles is 1. The molecule has 1 amide bonds. The van der Waals surface area contributed by atoms with Gasteiger partial charge in [0.15, 0.2) is 5.78 Å². The lowest BCUT2D eigenvalue weighted by Crippen LogP contribution is -2.43. The number of amides is 1. The molecule has 2 aromatic rings. The van der Waals surface area contributed by atoms with Gasteiger partial charge in [0.25, 0.3) is 5.69 Å². The number of ketones is 1. The van der Waals surface area contributed by atoms with Crippen LogP contribution in [0.3, 0.4) is 0 Å². The van der Waals surface area contributed by atoms with Crippen molar-refractivity contribution in [1.29, 1.82) is 5.26 Å². The summed E-state index contributed by atoms with van der Waals surface area (Å²) in [6.45, 7) is 4.03. The summed E-state index contributed by atoms with van der Waals surface area (Å²) in [6, 6.07) is 8.58. The summed E-state index contributed by atoms with van der Waals surface area (Å²) >= 11 is 1.51. The first-order valence-electron chi connectivity index (χ1n) is 11.6. The van der Waals surface area contributed by atoms with Crippen LogP contribution in [0.4, 0.5) is 10.7 Å². The third-order valence-electron chi connectivity index (χ3n) is 7.09. The van der Waals surface area contributed by atoms with E-state index in [0.29, 0.717) is 40.2 Å². The number of nitro benzene ring substituents is 1. The Kier molecular flexibility index (Phi) is 5.40. The number of carbonyl (C=O) groups excluding carboxylic acids is 2. The van der Waals surface area contributed by atoms with Gasteiger partial charge >= 0.3 is 0 Å². The van der Waals surface area contributed by atoms with E-state index in [9.17, 15) is 25.0 Å². The maximum Gasteiger partial charge on any atom is 0.269 e. The normalized spacial score (nSPS) is 21.7. The van der Waals surface area contributed by atoms with E-state index < -0.39 is 10.8 Å². The van der Waals surface area contributed by atoms with Crippen LogP contribution in [0, 0.1) is 26.9 Å². The van der Waals surface area contributed by atoms with Crippen molar-refractivity contribution in [3.63, 3.8) is 0 Å². The molecule has 0 saturated carbocycles. The van der Waals surface area contributed by atoms with Crippen molar-refractivity contribution in [2.45, 2.75) is 64.7 Å². The SMILES string of the molecule is CC1(C)CC(=O)C2=C(C1)N(c1sc3c(c1C#N)CCCC3)C(=O)C[C@@H]2c1cccc([N+](=O)[O-])c1. The van der Waals surface area contributed by atoms with E-state index in [4.69, 9.17) is 0 Å². The summed E-state index contributed by atoms with van der Waals surface area (Å²) < 4.78 is 0. The number of nitro groups is 1. The molecule has 34 heavy (non-hydrogen) atoms. The first kappa shape index (κ1) is 22.5. The molecule has 2 heterocycles. The topological polar surface area (TPSA) is 104 Å². The van der Waals surface area contributed by atoms with Gasteiger partial charge in [0.2, 0.25) is 5.91 Å². The number of nitrogens with zero attached hydrogens (tertiary/aromatic N) is 3. The molecular formula is C26H25N3O4S. The minimum absolute atomic E-state index is 0.0277. The van der Waals surface area contributed by atoms with Gasteiger partial charge in [-0.1, -0.05) is 26.0 Å². The van der Waals surface area contributed by atoms with Crippen LogP contribution < -0.4 is 4.90 Å². The van der Waals surface area contributed by atoms with Gasteiger partial charge in [0.1, 0.15) is 11.1 Å². The van der Waals surface area contributed by atoms with Gasteiger partial charge in [-0.2, -0.15) is 5.26 Å². The highest BCUT2D eigenvalue weighted by Gasteiger charge is 2.45.